The number of hydrogen-bond acceptors (Lipinski definition) is 3. The van der Waals surface area contributed by atoms with Gasteiger partial charge in [0.1, 0.15) is 0 Å². The third kappa shape index (κ3) is 4.44. The molecule has 0 fully saturated rings. The molecule has 1 atom stereocenters. The van der Waals surface area contributed by atoms with Gasteiger partial charge in [-0.15, -0.1) is 0 Å². The zero-order valence-electron chi connectivity index (χ0n) is 10.5. The van der Waals surface area contributed by atoms with Crippen molar-refractivity contribution in [1.29, 1.82) is 5.26 Å². The van der Waals surface area contributed by atoms with Crippen LogP contribution < -0.4 is 10.6 Å². The number of carbonyl (C=O) groups is 1. The number of anilines is 1. The molecule has 0 radical (unpaired) electrons. The van der Waals surface area contributed by atoms with Gasteiger partial charge in [0.15, 0.2) is 0 Å². The van der Waals surface area contributed by atoms with Crippen molar-refractivity contribution >= 4 is 11.7 Å². The fraction of sp³-hybridized carbons (Fsp3) is 0.385. The molecule has 1 aromatic carbocycles. The molecule has 0 saturated heterocycles. The van der Waals surface area contributed by atoms with Crippen molar-refractivity contribution in [2.75, 3.05) is 11.9 Å². The summed E-state index contributed by atoms with van der Waals surface area (Å²) in [6.07, 6.45) is -0.559. The van der Waals surface area contributed by atoms with E-state index in [-0.39, 0.29) is 18.5 Å². The molecule has 0 heterocycles. The van der Waals surface area contributed by atoms with Crippen LogP contribution in [0.3, 0.4) is 0 Å². The van der Waals surface area contributed by atoms with E-state index in [1.54, 1.807) is 24.3 Å². The number of hydrogen-bond donors (Lipinski definition) is 3. The Balaban J connectivity index is 2.42. The van der Waals surface area contributed by atoms with E-state index < -0.39 is 6.10 Å². The number of nitrogens with one attached hydrogen (secondary N) is 2. The molecule has 0 bridgehead atoms. The van der Waals surface area contributed by atoms with Crippen molar-refractivity contribution < 1.29 is 9.90 Å². The van der Waals surface area contributed by atoms with Crippen molar-refractivity contribution in [2.24, 2.45) is 5.92 Å². The van der Waals surface area contributed by atoms with Crippen molar-refractivity contribution in [3.63, 3.8) is 0 Å². The van der Waals surface area contributed by atoms with Gasteiger partial charge in [-0.2, -0.15) is 5.26 Å². The van der Waals surface area contributed by atoms with Crippen molar-refractivity contribution in [3.05, 3.63) is 29.8 Å². The first-order valence-corrected chi connectivity index (χ1v) is 5.76. The molecule has 2 amide bonds. The van der Waals surface area contributed by atoms with Gasteiger partial charge in [0, 0.05) is 12.2 Å². The summed E-state index contributed by atoms with van der Waals surface area (Å²) in [6.45, 7) is 3.97. The Morgan fingerprint density at radius 1 is 1.39 bits per heavy atom. The lowest BCUT2D eigenvalue weighted by molar-refractivity contribution is 0.126. The van der Waals surface area contributed by atoms with E-state index in [9.17, 15) is 9.90 Å². The minimum Gasteiger partial charge on any atom is -0.391 e. The second kappa shape index (κ2) is 6.62. The third-order valence-electron chi connectivity index (χ3n) is 2.51. The molecule has 0 aliphatic heterocycles. The molecule has 1 aromatic rings. The normalized spacial score (nSPS) is 11.7. The molecule has 0 spiro atoms. The topological polar surface area (TPSA) is 85.2 Å². The summed E-state index contributed by atoms with van der Waals surface area (Å²) < 4.78 is 0. The number of rotatable bonds is 4. The van der Waals surface area contributed by atoms with Gasteiger partial charge < -0.3 is 15.7 Å². The Morgan fingerprint density at radius 3 is 2.50 bits per heavy atom. The highest BCUT2D eigenvalue weighted by Crippen LogP contribution is 2.08. The lowest BCUT2D eigenvalue weighted by Crippen LogP contribution is -2.37. The predicted octanol–water partition coefficient (Wildman–Crippen LogP) is 1.70. The molecule has 0 aromatic heterocycles. The fourth-order valence-electron chi connectivity index (χ4n) is 1.24. The number of urea groups is 1. The maximum Gasteiger partial charge on any atom is 0.319 e. The second-order valence-corrected chi connectivity index (χ2v) is 4.34. The summed E-state index contributed by atoms with van der Waals surface area (Å²) in [6, 6.07) is 8.17. The van der Waals surface area contributed by atoms with Gasteiger partial charge in [-0.3, -0.25) is 0 Å². The monoisotopic (exact) mass is 247 g/mol. The van der Waals surface area contributed by atoms with E-state index >= 15 is 0 Å². The summed E-state index contributed by atoms with van der Waals surface area (Å²) in [7, 11) is 0. The van der Waals surface area contributed by atoms with Gasteiger partial charge in [0.2, 0.25) is 0 Å². The Hall–Kier alpha value is -2.06. The first-order valence-electron chi connectivity index (χ1n) is 5.76. The lowest BCUT2D eigenvalue weighted by atomic mass is 10.1. The van der Waals surface area contributed by atoms with Gasteiger partial charge >= 0.3 is 6.03 Å². The van der Waals surface area contributed by atoms with Crippen molar-refractivity contribution in [1.82, 2.24) is 5.32 Å². The number of aliphatic hydroxyl groups excluding tert-OH is 1. The molecule has 5 heteroatoms. The molecule has 1 unspecified atom stereocenters. The summed E-state index contributed by atoms with van der Waals surface area (Å²) in [5.41, 5.74) is 1.14. The molecular formula is C13H17N3O2. The Labute approximate surface area is 106 Å². The highest BCUT2D eigenvalue weighted by molar-refractivity contribution is 5.89. The van der Waals surface area contributed by atoms with E-state index in [0.717, 1.165) is 0 Å². The van der Waals surface area contributed by atoms with Crippen molar-refractivity contribution in [3.8, 4) is 6.07 Å². The smallest absolute Gasteiger partial charge is 0.319 e. The summed E-state index contributed by atoms with van der Waals surface area (Å²) >= 11 is 0. The minimum atomic E-state index is -0.559. The van der Waals surface area contributed by atoms with Gasteiger partial charge in [0.05, 0.1) is 17.7 Å². The zero-order chi connectivity index (χ0) is 13.5. The molecule has 3 N–H and O–H groups in total. The van der Waals surface area contributed by atoms with Crippen LogP contribution in [0.25, 0.3) is 0 Å². The van der Waals surface area contributed by atoms with E-state index in [2.05, 4.69) is 10.6 Å². The second-order valence-electron chi connectivity index (χ2n) is 4.34. The minimum absolute atomic E-state index is 0.0974. The van der Waals surface area contributed by atoms with E-state index in [4.69, 9.17) is 5.26 Å². The number of nitrogens with zero attached hydrogens (tertiary/aromatic N) is 1. The van der Waals surface area contributed by atoms with Gasteiger partial charge in [-0.05, 0) is 30.2 Å². The van der Waals surface area contributed by atoms with Crippen LogP contribution in [0.2, 0.25) is 0 Å². The number of carbonyl (C=O) groups excluding carboxylic acids is 1. The summed E-state index contributed by atoms with van der Waals surface area (Å²) in [4.78, 5) is 11.5. The first-order chi connectivity index (χ1) is 8.52. The molecule has 18 heavy (non-hydrogen) atoms. The maximum absolute atomic E-state index is 11.5. The highest BCUT2D eigenvalue weighted by atomic mass is 16.3. The Morgan fingerprint density at radius 2 is 2.00 bits per heavy atom. The van der Waals surface area contributed by atoms with Gasteiger partial charge in [-0.1, -0.05) is 13.8 Å². The average Bonchev–Trinajstić information content (AvgIpc) is 2.36. The number of benzene rings is 1. The van der Waals surface area contributed by atoms with Gasteiger partial charge in [0.25, 0.3) is 0 Å². The van der Waals surface area contributed by atoms with Crippen molar-refractivity contribution in [2.45, 2.75) is 20.0 Å². The molecule has 1 rings (SSSR count). The maximum atomic E-state index is 11.5. The largest absolute Gasteiger partial charge is 0.391 e. The van der Waals surface area contributed by atoms with Crippen LogP contribution in [0.5, 0.6) is 0 Å². The van der Waals surface area contributed by atoms with Crippen LogP contribution in [0, 0.1) is 17.2 Å². The highest BCUT2D eigenvalue weighted by Gasteiger charge is 2.10. The lowest BCUT2D eigenvalue weighted by Gasteiger charge is -2.15. The predicted molar refractivity (Wildman–Crippen MR) is 69.0 cm³/mol. The third-order valence-corrected chi connectivity index (χ3v) is 2.51. The summed E-state index contributed by atoms with van der Waals surface area (Å²) in [5.74, 6) is 0.0974. The van der Waals surface area contributed by atoms with Crippen LogP contribution in [-0.2, 0) is 0 Å². The molecule has 0 aliphatic rings. The number of nitriles is 1. The van der Waals surface area contributed by atoms with E-state index in [1.165, 1.54) is 0 Å². The molecule has 96 valence electrons. The van der Waals surface area contributed by atoms with Crippen LogP contribution in [0.1, 0.15) is 19.4 Å². The van der Waals surface area contributed by atoms with E-state index in [0.29, 0.717) is 11.3 Å². The fourth-order valence-corrected chi connectivity index (χ4v) is 1.24. The van der Waals surface area contributed by atoms with Crippen LogP contribution in [0.15, 0.2) is 24.3 Å². The summed E-state index contributed by atoms with van der Waals surface area (Å²) in [5, 5.41) is 23.4. The quantitative estimate of drug-likeness (QED) is 0.757. The van der Waals surface area contributed by atoms with Crippen LogP contribution >= 0.6 is 0 Å². The Bertz CT molecular complexity index is 435. The Kier molecular flexibility index (Phi) is 5.15. The standard InChI is InChI=1S/C13H17N3O2/c1-9(2)12(17)8-15-13(18)16-11-5-3-10(7-14)4-6-11/h3-6,9,12,17H,8H2,1-2H3,(H2,15,16,18). The molecule has 0 saturated carbocycles. The zero-order valence-corrected chi connectivity index (χ0v) is 10.5. The van der Waals surface area contributed by atoms with Gasteiger partial charge in [-0.25, -0.2) is 4.79 Å². The molecule has 0 aliphatic carbocycles. The number of amides is 2. The number of aliphatic hydroxyl groups is 1. The molecule has 5 nitrogen and oxygen atoms in total. The average molecular weight is 247 g/mol. The first kappa shape index (κ1) is 14.0. The van der Waals surface area contributed by atoms with Crippen LogP contribution in [0.4, 0.5) is 10.5 Å². The SMILES string of the molecule is CC(C)C(O)CNC(=O)Nc1ccc(C#N)cc1. The van der Waals surface area contributed by atoms with Crippen LogP contribution in [-0.4, -0.2) is 23.8 Å². The molecular weight excluding hydrogens is 230 g/mol. The van der Waals surface area contributed by atoms with E-state index in [1.807, 2.05) is 19.9 Å².